The molecular weight excluding hydrogens is 289 g/mol. The highest BCUT2D eigenvalue weighted by molar-refractivity contribution is 6.30. The molecule has 2 rings (SSSR count). The maximum absolute atomic E-state index is 14.0. The molecule has 0 bridgehead atoms. The fraction of sp³-hybridized carbons (Fsp3) is 0.412. The predicted molar refractivity (Wildman–Crippen MR) is 84.2 cm³/mol. The number of hydrogen-bond acceptors (Lipinski definition) is 2. The van der Waals surface area contributed by atoms with Crippen molar-refractivity contribution in [2.75, 3.05) is 6.54 Å². The van der Waals surface area contributed by atoms with Crippen molar-refractivity contribution in [1.82, 2.24) is 5.32 Å². The van der Waals surface area contributed by atoms with Crippen LogP contribution in [0.15, 0.2) is 41.0 Å². The van der Waals surface area contributed by atoms with Gasteiger partial charge in [0.15, 0.2) is 0 Å². The van der Waals surface area contributed by atoms with Crippen LogP contribution in [0.25, 0.3) is 0 Å². The molecule has 2 aromatic rings. The van der Waals surface area contributed by atoms with Gasteiger partial charge in [-0.15, -0.1) is 0 Å². The third-order valence-electron chi connectivity index (χ3n) is 3.50. The summed E-state index contributed by atoms with van der Waals surface area (Å²) in [5.41, 5.74) is 0.663. The molecule has 0 aliphatic heterocycles. The quantitative estimate of drug-likeness (QED) is 0.770. The van der Waals surface area contributed by atoms with E-state index in [1.165, 1.54) is 0 Å². The van der Waals surface area contributed by atoms with Gasteiger partial charge in [-0.1, -0.05) is 30.7 Å². The summed E-state index contributed by atoms with van der Waals surface area (Å²) in [6, 6.07) is 9.25. The van der Waals surface area contributed by atoms with E-state index in [1.54, 1.807) is 24.5 Å². The van der Waals surface area contributed by atoms with Gasteiger partial charge in [0.25, 0.3) is 0 Å². The summed E-state index contributed by atoms with van der Waals surface area (Å²) in [6.45, 7) is 3.04. The normalized spacial score (nSPS) is 12.5. The highest BCUT2D eigenvalue weighted by atomic mass is 35.5. The molecule has 0 amide bonds. The highest BCUT2D eigenvalue weighted by Gasteiger charge is 2.14. The van der Waals surface area contributed by atoms with Crippen molar-refractivity contribution < 1.29 is 8.81 Å². The van der Waals surface area contributed by atoms with Gasteiger partial charge in [0.2, 0.25) is 0 Å². The van der Waals surface area contributed by atoms with Crippen LogP contribution in [0.2, 0.25) is 5.02 Å². The first kappa shape index (κ1) is 16.1. The largest absolute Gasteiger partial charge is 0.469 e. The van der Waals surface area contributed by atoms with E-state index in [-0.39, 0.29) is 16.9 Å². The number of hydrogen-bond donors (Lipinski definition) is 1. The van der Waals surface area contributed by atoms with E-state index < -0.39 is 0 Å². The Hall–Kier alpha value is -1.32. The SMILES string of the molecule is CCCNC(CCc1ccco1)Cc1cccc(Cl)c1F. The molecule has 2 nitrogen and oxygen atoms in total. The summed E-state index contributed by atoms with van der Waals surface area (Å²) >= 11 is 5.85. The summed E-state index contributed by atoms with van der Waals surface area (Å²) in [5.74, 6) is 0.658. The Labute approximate surface area is 130 Å². The van der Waals surface area contributed by atoms with Crippen LogP contribution in [-0.4, -0.2) is 12.6 Å². The zero-order chi connectivity index (χ0) is 15.1. The third kappa shape index (κ3) is 4.87. The van der Waals surface area contributed by atoms with Crippen LogP contribution in [0.1, 0.15) is 31.1 Å². The molecule has 1 N–H and O–H groups in total. The topological polar surface area (TPSA) is 25.2 Å². The Kier molecular flexibility index (Phi) is 6.27. The Morgan fingerprint density at radius 1 is 1.29 bits per heavy atom. The molecule has 4 heteroatoms. The molecule has 114 valence electrons. The van der Waals surface area contributed by atoms with Crippen LogP contribution in [0, 0.1) is 5.82 Å². The minimum atomic E-state index is -0.305. The van der Waals surface area contributed by atoms with Gasteiger partial charge in [-0.25, -0.2) is 4.39 Å². The zero-order valence-electron chi connectivity index (χ0n) is 12.2. The maximum Gasteiger partial charge on any atom is 0.145 e. The molecule has 1 unspecified atom stereocenters. The van der Waals surface area contributed by atoms with Gasteiger partial charge in [0.05, 0.1) is 11.3 Å². The molecule has 1 atom stereocenters. The number of furan rings is 1. The Morgan fingerprint density at radius 2 is 2.14 bits per heavy atom. The third-order valence-corrected chi connectivity index (χ3v) is 3.79. The summed E-state index contributed by atoms with van der Waals surface area (Å²) in [4.78, 5) is 0. The second kappa shape index (κ2) is 8.20. The van der Waals surface area contributed by atoms with Gasteiger partial charge in [-0.05, 0) is 49.6 Å². The minimum absolute atomic E-state index is 0.188. The van der Waals surface area contributed by atoms with Gasteiger partial charge in [-0.2, -0.15) is 0 Å². The van der Waals surface area contributed by atoms with Crippen molar-refractivity contribution in [2.45, 2.75) is 38.6 Å². The number of halogens is 2. The first-order chi connectivity index (χ1) is 10.2. The summed E-state index contributed by atoms with van der Waals surface area (Å²) in [7, 11) is 0. The molecule has 0 saturated heterocycles. The molecule has 0 radical (unpaired) electrons. The number of nitrogens with one attached hydrogen (secondary N) is 1. The zero-order valence-corrected chi connectivity index (χ0v) is 13.0. The van der Waals surface area contributed by atoms with Crippen molar-refractivity contribution in [3.05, 3.63) is 58.8 Å². The van der Waals surface area contributed by atoms with Crippen LogP contribution in [-0.2, 0) is 12.8 Å². The van der Waals surface area contributed by atoms with Crippen LogP contribution in [0.3, 0.4) is 0 Å². The van der Waals surface area contributed by atoms with E-state index in [4.69, 9.17) is 16.0 Å². The highest BCUT2D eigenvalue weighted by Crippen LogP contribution is 2.20. The predicted octanol–water partition coefficient (Wildman–Crippen LogP) is 4.62. The number of benzene rings is 1. The van der Waals surface area contributed by atoms with E-state index >= 15 is 0 Å². The van der Waals surface area contributed by atoms with Gasteiger partial charge < -0.3 is 9.73 Å². The lowest BCUT2D eigenvalue weighted by molar-refractivity contribution is 0.436. The van der Waals surface area contributed by atoms with Crippen molar-refractivity contribution in [3.63, 3.8) is 0 Å². The average Bonchev–Trinajstić information content (AvgIpc) is 2.99. The molecule has 21 heavy (non-hydrogen) atoms. The van der Waals surface area contributed by atoms with Gasteiger partial charge in [0, 0.05) is 12.5 Å². The number of aryl methyl sites for hydroxylation is 1. The van der Waals surface area contributed by atoms with E-state index in [2.05, 4.69) is 12.2 Å². The summed E-state index contributed by atoms with van der Waals surface area (Å²) in [6.07, 6.45) is 5.11. The molecular formula is C17H21ClFNO. The van der Waals surface area contributed by atoms with Crippen LogP contribution < -0.4 is 5.32 Å². The fourth-order valence-electron chi connectivity index (χ4n) is 2.37. The van der Waals surface area contributed by atoms with Gasteiger partial charge in [-0.3, -0.25) is 0 Å². The van der Waals surface area contributed by atoms with Crippen LogP contribution in [0.5, 0.6) is 0 Å². The lowest BCUT2D eigenvalue weighted by atomic mass is 10.0. The van der Waals surface area contributed by atoms with Crippen LogP contribution >= 0.6 is 11.6 Å². The number of rotatable bonds is 8. The lowest BCUT2D eigenvalue weighted by Gasteiger charge is -2.18. The molecule has 1 aromatic carbocycles. The molecule has 0 saturated carbocycles. The Bertz CT molecular complexity index is 542. The van der Waals surface area contributed by atoms with E-state index in [9.17, 15) is 4.39 Å². The van der Waals surface area contributed by atoms with Crippen molar-refractivity contribution in [3.8, 4) is 0 Å². The van der Waals surface area contributed by atoms with Gasteiger partial charge in [0.1, 0.15) is 11.6 Å². The standard InChI is InChI=1S/C17H21ClFNO/c1-2-10-20-14(8-9-15-6-4-11-21-15)12-13-5-3-7-16(18)17(13)19/h3-7,11,14,20H,2,8-10,12H2,1H3. The second-order valence-electron chi connectivity index (χ2n) is 5.19. The molecule has 0 aliphatic rings. The smallest absolute Gasteiger partial charge is 0.145 e. The molecule has 0 aliphatic carbocycles. The summed E-state index contributed by atoms with van der Waals surface area (Å²) < 4.78 is 19.4. The van der Waals surface area contributed by atoms with E-state index in [0.29, 0.717) is 12.0 Å². The molecule has 1 aromatic heterocycles. The van der Waals surface area contributed by atoms with Crippen molar-refractivity contribution in [1.29, 1.82) is 0 Å². The monoisotopic (exact) mass is 309 g/mol. The van der Waals surface area contributed by atoms with Gasteiger partial charge >= 0.3 is 0 Å². The average molecular weight is 310 g/mol. The molecule has 0 spiro atoms. The van der Waals surface area contributed by atoms with Crippen LogP contribution in [0.4, 0.5) is 4.39 Å². The molecule has 0 fully saturated rings. The van der Waals surface area contributed by atoms with Crippen molar-refractivity contribution >= 4 is 11.6 Å². The fourth-order valence-corrected chi connectivity index (χ4v) is 2.56. The van der Waals surface area contributed by atoms with Crippen molar-refractivity contribution in [2.24, 2.45) is 0 Å². The minimum Gasteiger partial charge on any atom is -0.469 e. The lowest BCUT2D eigenvalue weighted by Crippen LogP contribution is -2.32. The Balaban J connectivity index is 1.99. The second-order valence-corrected chi connectivity index (χ2v) is 5.59. The first-order valence-corrected chi connectivity index (χ1v) is 7.77. The Morgan fingerprint density at radius 3 is 2.86 bits per heavy atom. The maximum atomic E-state index is 14.0. The first-order valence-electron chi connectivity index (χ1n) is 7.39. The molecule has 1 heterocycles. The van der Waals surface area contributed by atoms with E-state index in [1.807, 2.05) is 12.1 Å². The summed E-state index contributed by atoms with van der Waals surface area (Å²) in [5, 5.41) is 3.66. The van der Waals surface area contributed by atoms with E-state index in [0.717, 1.165) is 31.6 Å².